The Hall–Kier alpha value is -1.41. The second-order valence-electron chi connectivity index (χ2n) is 6.60. The number of aryl methyl sites for hydroxylation is 1. The molecule has 2 aliphatic rings. The number of sulfone groups is 1. The predicted molar refractivity (Wildman–Crippen MR) is 86.7 cm³/mol. The molecule has 7 nitrogen and oxygen atoms in total. The number of fused-ring (bicyclic) bond motifs is 1. The van der Waals surface area contributed by atoms with Crippen LogP contribution in [0.3, 0.4) is 0 Å². The van der Waals surface area contributed by atoms with Crippen molar-refractivity contribution in [3.63, 3.8) is 0 Å². The third kappa shape index (κ3) is 3.74. The minimum atomic E-state index is -2.88. The van der Waals surface area contributed by atoms with Crippen molar-refractivity contribution in [1.29, 1.82) is 0 Å². The zero-order valence-electron chi connectivity index (χ0n) is 13.7. The number of rotatable bonds is 4. The molecule has 23 heavy (non-hydrogen) atoms. The van der Waals surface area contributed by atoms with Crippen LogP contribution in [-0.4, -0.2) is 71.6 Å². The van der Waals surface area contributed by atoms with E-state index < -0.39 is 9.84 Å². The van der Waals surface area contributed by atoms with Gasteiger partial charge in [-0.15, -0.1) is 0 Å². The van der Waals surface area contributed by atoms with Gasteiger partial charge in [0, 0.05) is 25.6 Å². The molecule has 0 N–H and O–H groups in total. The number of nitrogens with zero attached hydrogens (tertiary/aromatic N) is 4. The maximum absolute atomic E-state index is 12.4. The fourth-order valence-electron chi connectivity index (χ4n) is 3.36. The van der Waals surface area contributed by atoms with Gasteiger partial charge in [0.15, 0.2) is 9.84 Å². The molecule has 0 unspecified atom stereocenters. The first-order chi connectivity index (χ1) is 10.8. The highest BCUT2D eigenvalue weighted by atomic mass is 32.2. The number of aromatic nitrogens is 2. The molecule has 1 aromatic heterocycles. The van der Waals surface area contributed by atoms with E-state index in [1.54, 1.807) is 0 Å². The molecule has 128 valence electrons. The van der Waals surface area contributed by atoms with E-state index >= 15 is 0 Å². The van der Waals surface area contributed by atoms with Gasteiger partial charge in [-0.1, -0.05) is 0 Å². The molecule has 1 atom stereocenters. The topological polar surface area (TPSA) is 75.5 Å². The number of hydrogen-bond acceptors (Lipinski definition) is 5. The minimum absolute atomic E-state index is 0.0539. The van der Waals surface area contributed by atoms with E-state index in [2.05, 4.69) is 5.10 Å². The van der Waals surface area contributed by atoms with E-state index in [1.165, 1.54) is 0 Å². The van der Waals surface area contributed by atoms with Crippen molar-refractivity contribution in [2.45, 2.75) is 38.9 Å². The summed E-state index contributed by atoms with van der Waals surface area (Å²) in [7, 11) is -0.967. The summed E-state index contributed by atoms with van der Waals surface area (Å²) in [5, 5.41) is 4.40. The van der Waals surface area contributed by atoms with Gasteiger partial charge in [-0.05, 0) is 26.5 Å². The van der Waals surface area contributed by atoms with E-state index in [9.17, 15) is 13.2 Å². The summed E-state index contributed by atoms with van der Waals surface area (Å²) in [4.78, 5) is 16.3. The smallest absolute Gasteiger partial charge is 0.224 e. The van der Waals surface area contributed by atoms with Gasteiger partial charge in [-0.2, -0.15) is 5.10 Å². The quantitative estimate of drug-likeness (QED) is 0.774. The first-order valence-electron chi connectivity index (χ1n) is 8.06. The Kier molecular flexibility index (Phi) is 4.46. The van der Waals surface area contributed by atoms with Crippen molar-refractivity contribution in [1.82, 2.24) is 19.6 Å². The Balaban J connectivity index is 1.50. The molecule has 1 aromatic rings. The molecule has 3 rings (SSSR count). The summed E-state index contributed by atoms with van der Waals surface area (Å²) in [5.41, 5.74) is 2.06. The molecule has 0 bridgehead atoms. The summed E-state index contributed by atoms with van der Waals surface area (Å²) in [6.45, 7) is 4.61. The standard InChI is InChI=1S/C15H24N4O3S/c1-12-9-14-10-18(6-7-19(14)16-12)15(20)3-5-17(2)13-4-8-23(21,22)11-13/h9,13H,3-8,10-11H2,1-2H3/t13-/m0/s1. The molecule has 0 saturated carbocycles. The molecule has 1 saturated heterocycles. The van der Waals surface area contributed by atoms with E-state index in [0.717, 1.165) is 17.9 Å². The third-order valence-corrected chi connectivity index (χ3v) is 6.53. The monoisotopic (exact) mass is 340 g/mol. The lowest BCUT2D eigenvalue weighted by Crippen LogP contribution is -2.41. The fourth-order valence-corrected chi connectivity index (χ4v) is 5.16. The van der Waals surface area contributed by atoms with Gasteiger partial charge in [0.1, 0.15) is 0 Å². The molecular formula is C15H24N4O3S. The molecule has 0 spiro atoms. The van der Waals surface area contributed by atoms with Crippen LogP contribution in [-0.2, 0) is 27.7 Å². The van der Waals surface area contributed by atoms with Crippen LogP contribution >= 0.6 is 0 Å². The highest BCUT2D eigenvalue weighted by molar-refractivity contribution is 7.91. The van der Waals surface area contributed by atoms with Crippen molar-refractivity contribution < 1.29 is 13.2 Å². The maximum atomic E-state index is 12.4. The average molecular weight is 340 g/mol. The Morgan fingerprint density at radius 1 is 1.43 bits per heavy atom. The summed E-state index contributed by atoms with van der Waals surface area (Å²) in [6, 6.07) is 2.08. The normalized spacial score (nSPS) is 23.3. The number of amides is 1. The molecule has 0 aliphatic carbocycles. The van der Waals surface area contributed by atoms with Crippen LogP contribution in [0, 0.1) is 6.92 Å². The van der Waals surface area contributed by atoms with Crippen molar-refractivity contribution in [3.8, 4) is 0 Å². The number of carbonyl (C=O) groups is 1. The van der Waals surface area contributed by atoms with Gasteiger partial charge in [0.25, 0.3) is 0 Å². The lowest BCUT2D eigenvalue weighted by Gasteiger charge is -2.29. The Morgan fingerprint density at radius 3 is 2.91 bits per heavy atom. The van der Waals surface area contributed by atoms with Crippen LogP contribution in [0.1, 0.15) is 24.2 Å². The molecule has 3 heterocycles. The maximum Gasteiger partial charge on any atom is 0.224 e. The van der Waals surface area contributed by atoms with Crippen LogP contribution in [0.15, 0.2) is 6.07 Å². The second-order valence-corrected chi connectivity index (χ2v) is 8.83. The zero-order valence-corrected chi connectivity index (χ0v) is 14.5. The molecule has 0 aromatic carbocycles. The van der Waals surface area contributed by atoms with Gasteiger partial charge in [-0.25, -0.2) is 8.42 Å². The lowest BCUT2D eigenvalue weighted by atomic mass is 10.2. The number of hydrogen-bond donors (Lipinski definition) is 0. The Bertz CT molecular complexity index is 698. The van der Waals surface area contributed by atoms with Crippen molar-refractivity contribution in [3.05, 3.63) is 17.5 Å². The van der Waals surface area contributed by atoms with Crippen molar-refractivity contribution in [2.75, 3.05) is 31.6 Å². The SMILES string of the molecule is Cc1cc2n(n1)CCN(C(=O)CCN(C)[C@H]1CCS(=O)(=O)C1)C2. The fraction of sp³-hybridized carbons (Fsp3) is 0.733. The molecule has 1 amide bonds. The highest BCUT2D eigenvalue weighted by Crippen LogP contribution is 2.18. The molecule has 1 fully saturated rings. The van der Waals surface area contributed by atoms with Crippen LogP contribution in [0.25, 0.3) is 0 Å². The largest absolute Gasteiger partial charge is 0.335 e. The van der Waals surface area contributed by atoms with Crippen LogP contribution < -0.4 is 0 Å². The van der Waals surface area contributed by atoms with Gasteiger partial charge in [0.05, 0.1) is 36.0 Å². The van der Waals surface area contributed by atoms with Crippen molar-refractivity contribution >= 4 is 15.7 Å². The number of carbonyl (C=O) groups excluding carboxylic acids is 1. The van der Waals surface area contributed by atoms with Gasteiger partial charge in [-0.3, -0.25) is 9.48 Å². The van der Waals surface area contributed by atoms with Gasteiger partial charge >= 0.3 is 0 Å². The van der Waals surface area contributed by atoms with Crippen LogP contribution in [0.2, 0.25) is 0 Å². The predicted octanol–water partition coefficient (Wildman–Crippen LogP) is 0.0427. The zero-order chi connectivity index (χ0) is 16.6. The molecule has 0 radical (unpaired) electrons. The Morgan fingerprint density at radius 2 is 2.22 bits per heavy atom. The lowest BCUT2D eigenvalue weighted by molar-refractivity contribution is -0.133. The van der Waals surface area contributed by atoms with Crippen LogP contribution in [0.4, 0.5) is 0 Å². The summed E-state index contributed by atoms with van der Waals surface area (Å²) >= 11 is 0. The first-order valence-corrected chi connectivity index (χ1v) is 9.88. The summed E-state index contributed by atoms with van der Waals surface area (Å²) in [5.74, 6) is 0.619. The molecular weight excluding hydrogens is 316 g/mol. The van der Waals surface area contributed by atoms with E-state index in [-0.39, 0.29) is 23.5 Å². The molecule has 8 heteroatoms. The minimum Gasteiger partial charge on any atom is -0.335 e. The highest BCUT2D eigenvalue weighted by Gasteiger charge is 2.31. The summed E-state index contributed by atoms with van der Waals surface area (Å²) < 4.78 is 25.0. The average Bonchev–Trinajstić information content (AvgIpc) is 3.04. The van der Waals surface area contributed by atoms with Crippen molar-refractivity contribution in [2.24, 2.45) is 0 Å². The van der Waals surface area contributed by atoms with E-state index in [0.29, 0.717) is 32.5 Å². The van der Waals surface area contributed by atoms with Gasteiger partial charge < -0.3 is 9.80 Å². The third-order valence-electron chi connectivity index (χ3n) is 4.78. The Labute approximate surface area is 137 Å². The van der Waals surface area contributed by atoms with E-state index in [4.69, 9.17) is 0 Å². The van der Waals surface area contributed by atoms with Crippen LogP contribution in [0.5, 0.6) is 0 Å². The van der Waals surface area contributed by atoms with Gasteiger partial charge in [0.2, 0.25) is 5.91 Å². The summed E-state index contributed by atoms with van der Waals surface area (Å²) in [6.07, 6.45) is 1.11. The molecule has 2 aliphatic heterocycles. The first kappa shape index (κ1) is 16.4. The van der Waals surface area contributed by atoms with E-state index in [1.807, 2.05) is 34.5 Å². The second kappa shape index (κ2) is 6.24.